The van der Waals surface area contributed by atoms with Crippen LogP contribution in [0.5, 0.6) is 0 Å². The molecule has 0 saturated carbocycles. The van der Waals surface area contributed by atoms with E-state index >= 15 is 0 Å². The second-order valence-electron chi connectivity index (χ2n) is 14.5. The summed E-state index contributed by atoms with van der Waals surface area (Å²) in [5, 5.41) is 11.9. The molecule has 12 rings (SSSR count). The van der Waals surface area contributed by atoms with Gasteiger partial charge in [0.25, 0.3) is 0 Å². The predicted molar refractivity (Wildman–Crippen MR) is 245 cm³/mol. The molecule has 4 nitrogen and oxygen atoms in total. The maximum atomic E-state index is 7.54. The van der Waals surface area contributed by atoms with Gasteiger partial charge in [-0.2, -0.15) is 0 Å². The van der Waals surface area contributed by atoms with E-state index in [-0.39, 0.29) is 42.5 Å². The first-order valence-corrected chi connectivity index (χ1v) is 19.2. The number of fused-ring (bicyclic) bond motifs is 12. The molecular formula is C55H37IrN3O-2. The third-order valence-corrected chi connectivity index (χ3v) is 11.1. The van der Waals surface area contributed by atoms with E-state index in [1.54, 1.807) is 0 Å². The fourth-order valence-corrected chi connectivity index (χ4v) is 8.31. The second-order valence-corrected chi connectivity index (χ2v) is 14.5. The quantitative estimate of drug-likeness (QED) is 0.131. The molecule has 3 aromatic heterocycles. The van der Waals surface area contributed by atoms with Gasteiger partial charge in [0.2, 0.25) is 0 Å². The molecule has 0 fully saturated rings. The standard InChI is InChI=1S/C41H23N2O.C14H14N.Ir/c1-2-11-27-25(10-1)20-22-34-33-16-9-17-35(40(33)44-39(27)34)41-42-37-18-7-8-19-38(37)43(41)26-21-23-32-30-14-4-3-12-28(30)29-13-5-6-15-31(29)36(32)24-26;1-10-4-6-13(7-5-10)14-8-11(2)12(3)9-15-14;/h1-16,18-24H;4-6,8-9H,1-3H3;/q2*-1;/i;1D3,2D3,3D3;. The third kappa shape index (κ3) is 6.17. The van der Waals surface area contributed by atoms with Crippen molar-refractivity contribution in [2.75, 3.05) is 0 Å². The first-order chi connectivity index (χ1) is 32.6. The predicted octanol–water partition coefficient (Wildman–Crippen LogP) is 14.5. The van der Waals surface area contributed by atoms with Crippen molar-refractivity contribution in [1.82, 2.24) is 14.5 Å². The van der Waals surface area contributed by atoms with Gasteiger partial charge < -0.3 is 14.0 Å². The molecule has 60 heavy (non-hydrogen) atoms. The van der Waals surface area contributed by atoms with Crippen LogP contribution in [0.2, 0.25) is 0 Å². The smallest absolute Gasteiger partial charge is 0.128 e. The molecule has 5 heteroatoms. The Morgan fingerprint density at radius 3 is 2.00 bits per heavy atom. The summed E-state index contributed by atoms with van der Waals surface area (Å²) < 4.78 is 75.9. The van der Waals surface area contributed by atoms with Gasteiger partial charge in [0.05, 0.1) is 22.4 Å². The molecule has 0 N–H and O–H groups in total. The molecule has 0 spiro atoms. The Hall–Kier alpha value is -6.91. The monoisotopic (exact) mass is 957 g/mol. The minimum atomic E-state index is -2.61. The molecular weight excluding hydrogens is 911 g/mol. The van der Waals surface area contributed by atoms with Gasteiger partial charge in [0.15, 0.2) is 0 Å². The van der Waals surface area contributed by atoms with E-state index in [2.05, 4.69) is 149 Å². The van der Waals surface area contributed by atoms with Crippen molar-refractivity contribution in [3.63, 3.8) is 0 Å². The summed E-state index contributed by atoms with van der Waals surface area (Å²) in [7, 11) is 0. The van der Waals surface area contributed by atoms with Crippen molar-refractivity contribution in [2.45, 2.75) is 20.6 Å². The number of rotatable bonds is 3. The van der Waals surface area contributed by atoms with Crippen molar-refractivity contribution < 1.29 is 36.9 Å². The van der Waals surface area contributed by atoms with Crippen molar-refractivity contribution in [3.8, 4) is 28.3 Å². The number of nitrogens with zero attached hydrogens (tertiary/aromatic N) is 3. The van der Waals surface area contributed by atoms with Crippen LogP contribution in [0.15, 0.2) is 174 Å². The van der Waals surface area contributed by atoms with Crippen molar-refractivity contribution >= 4 is 76.1 Å². The van der Waals surface area contributed by atoms with Crippen LogP contribution in [-0.2, 0) is 20.1 Å². The number of pyridine rings is 1. The van der Waals surface area contributed by atoms with Gasteiger partial charge in [-0.15, -0.1) is 53.6 Å². The van der Waals surface area contributed by atoms with Gasteiger partial charge in [-0.1, -0.05) is 133 Å². The molecule has 0 aliphatic carbocycles. The number of imidazole rings is 1. The van der Waals surface area contributed by atoms with E-state index in [1.807, 2.05) is 12.1 Å². The van der Waals surface area contributed by atoms with Crippen LogP contribution in [-0.4, -0.2) is 14.5 Å². The van der Waals surface area contributed by atoms with Gasteiger partial charge in [0, 0.05) is 55.1 Å². The maximum Gasteiger partial charge on any atom is 0.128 e. The Balaban J connectivity index is 0.000000190. The Bertz CT molecular complexity index is 3910. The zero-order chi connectivity index (χ0) is 47.1. The first-order valence-electron chi connectivity index (χ1n) is 23.7. The van der Waals surface area contributed by atoms with E-state index in [0.29, 0.717) is 5.56 Å². The van der Waals surface area contributed by atoms with Crippen LogP contribution in [0.4, 0.5) is 0 Å². The molecule has 0 saturated heterocycles. The SMILES string of the molecule is [2H]C([2H])([2H])c1c[c-]c(-c2cc(C([2H])([2H])[2H])c(C([2H])([2H])[2H])cn2)cc1.[Ir].[c-]1ccc2c(oc3c4ccccc4ccc23)c1-c1nc2ccccc2n1-c1ccc2c3ccccc3c3ccccc3c2c1. The van der Waals surface area contributed by atoms with E-state index in [1.165, 1.54) is 56.6 Å². The maximum absolute atomic E-state index is 7.54. The van der Waals surface area contributed by atoms with Crippen molar-refractivity contribution in [2.24, 2.45) is 0 Å². The van der Waals surface area contributed by atoms with E-state index in [9.17, 15) is 0 Å². The zero-order valence-electron chi connectivity index (χ0n) is 40.7. The molecule has 9 aromatic carbocycles. The van der Waals surface area contributed by atoms with Gasteiger partial charge >= 0.3 is 0 Å². The Kier molecular flexibility index (Phi) is 7.14. The van der Waals surface area contributed by atoms with Crippen LogP contribution >= 0.6 is 0 Å². The summed E-state index contributed by atoms with van der Waals surface area (Å²) in [5.41, 5.74) is 5.62. The van der Waals surface area contributed by atoms with E-state index < -0.39 is 20.6 Å². The molecule has 3 heterocycles. The number of aromatic nitrogens is 3. The molecule has 12 aromatic rings. The van der Waals surface area contributed by atoms with Gasteiger partial charge in [-0.3, -0.25) is 4.98 Å². The third-order valence-electron chi connectivity index (χ3n) is 11.1. The van der Waals surface area contributed by atoms with Crippen LogP contribution in [0.1, 0.15) is 29.0 Å². The summed E-state index contributed by atoms with van der Waals surface area (Å²) in [6, 6.07) is 60.9. The fraction of sp³-hybridized carbons (Fsp3) is 0.0545. The molecule has 0 unspecified atom stereocenters. The largest absolute Gasteiger partial charge is 0.500 e. The molecule has 0 aliphatic rings. The van der Waals surface area contributed by atoms with Crippen LogP contribution in [0.3, 0.4) is 0 Å². The summed E-state index contributed by atoms with van der Waals surface area (Å²) >= 11 is 0. The average molecular weight is 957 g/mol. The van der Waals surface area contributed by atoms with Crippen LogP contribution < -0.4 is 0 Å². The summed E-state index contributed by atoms with van der Waals surface area (Å²) in [6.45, 7) is -7.47. The first kappa shape index (κ1) is 28.5. The normalized spacial score (nSPS) is 14.3. The van der Waals surface area contributed by atoms with Crippen molar-refractivity contribution in [1.29, 1.82) is 0 Å². The van der Waals surface area contributed by atoms with Crippen LogP contribution in [0, 0.1) is 32.7 Å². The van der Waals surface area contributed by atoms with Gasteiger partial charge in [-0.05, 0) is 86.9 Å². The summed E-state index contributed by atoms with van der Waals surface area (Å²) in [6.07, 6.45) is 1.02. The molecule has 0 bridgehead atoms. The summed E-state index contributed by atoms with van der Waals surface area (Å²) in [5.74, 6) is 0.810. The van der Waals surface area contributed by atoms with Gasteiger partial charge in [0.1, 0.15) is 5.58 Å². The van der Waals surface area contributed by atoms with E-state index in [0.717, 1.165) is 67.0 Å². The minimum absolute atomic E-state index is 0. The number of benzene rings is 9. The number of para-hydroxylation sites is 2. The summed E-state index contributed by atoms with van der Waals surface area (Å²) in [4.78, 5) is 9.21. The molecule has 0 aliphatic heterocycles. The fourth-order valence-electron chi connectivity index (χ4n) is 8.31. The van der Waals surface area contributed by atoms with Crippen molar-refractivity contribution in [3.05, 3.63) is 199 Å². The average Bonchev–Trinajstić information content (AvgIpc) is 3.93. The Labute approximate surface area is 373 Å². The van der Waals surface area contributed by atoms with Crippen LogP contribution in [0.25, 0.3) is 104 Å². The molecule has 0 atom stereocenters. The molecule has 289 valence electrons. The topological polar surface area (TPSA) is 43.9 Å². The zero-order valence-corrected chi connectivity index (χ0v) is 34.1. The second kappa shape index (κ2) is 15.0. The molecule has 0 amide bonds. The van der Waals surface area contributed by atoms with E-state index in [4.69, 9.17) is 21.7 Å². The number of hydrogen-bond acceptors (Lipinski definition) is 3. The minimum Gasteiger partial charge on any atom is -0.500 e. The molecule has 1 radical (unpaired) electrons. The Morgan fingerprint density at radius 1 is 0.567 bits per heavy atom. The number of furan rings is 1. The Morgan fingerprint density at radius 2 is 1.25 bits per heavy atom. The number of aryl methyl sites for hydroxylation is 3. The number of hydrogen-bond donors (Lipinski definition) is 0. The van der Waals surface area contributed by atoms with Gasteiger partial charge in [-0.25, -0.2) is 0 Å².